The lowest BCUT2D eigenvalue weighted by molar-refractivity contribution is 0.951. The summed E-state index contributed by atoms with van der Waals surface area (Å²) in [4.78, 5) is 9.77. The van der Waals surface area contributed by atoms with E-state index in [0.717, 1.165) is 15.5 Å². The minimum Gasteiger partial charge on any atom is -0.226 e. The monoisotopic (exact) mass is 294 g/mol. The molecule has 0 atom stereocenters. The third kappa shape index (κ3) is 3.06. The maximum Gasteiger partial charge on any atom is 0.127 e. The molecule has 2 rings (SSSR count). The molecule has 0 amide bonds. The second-order valence-corrected chi connectivity index (χ2v) is 5.40. The van der Waals surface area contributed by atoms with Gasteiger partial charge in [0, 0.05) is 11.0 Å². The Balaban J connectivity index is 2.27. The molecule has 2 aromatic rings. The summed E-state index contributed by atoms with van der Waals surface area (Å²) in [5.74, 6) is 0.782. The van der Waals surface area contributed by atoms with Crippen molar-refractivity contribution in [2.75, 3.05) is 0 Å². The second kappa shape index (κ2) is 4.97. The molecule has 2 nitrogen and oxygen atoms in total. The van der Waals surface area contributed by atoms with Crippen LogP contribution < -0.4 is 0 Å². The summed E-state index contributed by atoms with van der Waals surface area (Å²) in [6.45, 7) is 3.98. The molecule has 0 saturated heterocycles. The van der Waals surface area contributed by atoms with Gasteiger partial charge in [0.25, 0.3) is 0 Å². The quantitative estimate of drug-likeness (QED) is 0.783. The van der Waals surface area contributed by atoms with Crippen LogP contribution in [0.2, 0.25) is 0 Å². The minimum atomic E-state index is 0.782. The first kappa shape index (κ1) is 11.6. The van der Waals surface area contributed by atoms with E-state index < -0.39 is 0 Å². The van der Waals surface area contributed by atoms with Crippen molar-refractivity contribution in [2.24, 2.45) is 0 Å². The van der Waals surface area contributed by atoms with Crippen LogP contribution in [-0.2, 0) is 0 Å². The molecule has 16 heavy (non-hydrogen) atoms. The Morgan fingerprint density at radius 3 is 2.62 bits per heavy atom. The SMILES string of the molecule is Cc1cccc(Sc2cc(Br)nc(C)n2)c1. The number of aryl methyl sites for hydroxylation is 2. The van der Waals surface area contributed by atoms with E-state index >= 15 is 0 Å². The normalized spacial score (nSPS) is 10.4. The van der Waals surface area contributed by atoms with Crippen molar-refractivity contribution < 1.29 is 0 Å². The fourth-order valence-electron chi connectivity index (χ4n) is 1.36. The van der Waals surface area contributed by atoms with Crippen molar-refractivity contribution in [3.05, 3.63) is 46.3 Å². The molecule has 1 heterocycles. The molecule has 0 spiro atoms. The Kier molecular flexibility index (Phi) is 3.61. The molecular weight excluding hydrogens is 284 g/mol. The zero-order valence-electron chi connectivity index (χ0n) is 9.07. The lowest BCUT2D eigenvalue weighted by atomic mass is 10.2. The predicted molar refractivity (Wildman–Crippen MR) is 69.8 cm³/mol. The van der Waals surface area contributed by atoms with Crippen LogP contribution in [-0.4, -0.2) is 9.97 Å². The molecule has 0 aliphatic heterocycles. The summed E-state index contributed by atoms with van der Waals surface area (Å²) in [5, 5.41) is 0.963. The summed E-state index contributed by atoms with van der Waals surface area (Å²) in [5.41, 5.74) is 1.26. The van der Waals surface area contributed by atoms with Crippen LogP contribution in [0.3, 0.4) is 0 Å². The fourth-order valence-corrected chi connectivity index (χ4v) is 2.96. The molecular formula is C12H11BrN2S. The maximum absolute atomic E-state index is 4.38. The van der Waals surface area contributed by atoms with E-state index in [9.17, 15) is 0 Å². The van der Waals surface area contributed by atoms with E-state index in [1.54, 1.807) is 11.8 Å². The van der Waals surface area contributed by atoms with Gasteiger partial charge in [-0.15, -0.1) is 0 Å². The first-order valence-corrected chi connectivity index (χ1v) is 6.50. The maximum atomic E-state index is 4.38. The molecule has 0 unspecified atom stereocenters. The third-order valence-electron chi connectivity index (χ3n) is 2.00. The van der Waals surface area contributed by atoms with E-state index in [1.165, 1.54) is 10.5 Å². The molecule has 0 N–H and O–H groups in total. The van der Waals surface area contributed by atoms with Crippen molar-refractivity contribution in [2.45, 2.75) is 23.8 Å². The number of nitrogens with zero attached hydrogens (tertiary/aromatic N) is 2. The van der Waals surface area contributed by atoms with E-state index in [4.69, 9.17) is 0 Å². The zero-order chi connectivity index (χ0) is 11.5. The first-order chi connectivity index (χ1) is 7.63. The number of hydrogen-bond donors (Lipinski definition) is 0. The van der Waals surface area contributed by atoms with Gasteiger partial charge < -0.3 is 0 Å². The summed E-state index contributed by atoms with van der Waals surface area (Å²) >= 11 is 5.03. The molecule has 0 bridgehead atoms. The van der Waals surface area contributed by atoms with E-state index in [2.05, 4.69) is 57.1 Å². The molecule has 0 saturated carbocycles. The zero-order valence-corrected chi connectivity index (χ0v) is 11.5. The van der Waals surface area contributed by atoms with Gasteiger partial charge in [-0.2, -0.15) is 0 Å². The van der Waals surface area contributed by atoms with Gasteiger partial charge in [-0.3, -0.25) is 0 Å². The molecule has 0 fully saturated rings. The van der Waals surface area contributed by atoms with E-state index in [1.807, 2.05) is 13.0 Å². The average molecular weight is 295 g/mol. The van der Waals surface area contributed by atoms with Crippen LogP contribution >= 0.6 is 27.7 Å². The van der Waals surface area contributed by atoms with Gasteiger partial charge in [-0.1, -0.05) is 29.5 Å². The number of rotatable bonds is 2. The number of aromatic nitrogens is 2. The number of benzene rings is 1. The van der Waals surface area contributed by atoms with Crippen molar-refractivity contribution >= 4 is 27.7 Å². The summed E-state index contributed by atoms with van der Waals surface area (Å²) in [6.07, 6.45) is 0. The molecule has 0 aliphatic rings. The van der Waals surface area contributed by atoms with Crippen LogP contribution in [0.4, 0.5) is 0 Å². The summed E-state index contributed by atoms with van der Waals surface area (Å²) < 4.78 is 0.829. The highest BCUT2D eigenvalue weighted by Gasteiger charge is 2.02. The van der Waals surface area contributed by atoms with Crippen molar-refractivity contribution in [1.82, 2.24) is 9.97 Å². The van der Waals surface area contributed by atoms with Gasteiger partial charge in [0.05, 0.1) is 0 Å². The Labute approximate surface area is 108 Å². The van der Waals surface area contributed by atoms with Gasteiger partial charge in [-0.05, 0) is 41.9 Å². The highest BCUT2D eigenvalue weighted by molar-refractivity contribution is 9.10. The molecule has 0 radical (unpaired) electrons. The van der Waals surface area contributed by atoms with Crippen molar-refractivity contribution in [3.8, 4) is 0 Å². The Hall–Kier alpha value is -0.870. The lowest BCUT2D eigenvalue weighted by Crippen LogP contribution is -1.90. The largest absolute Gasteiger partial charge is 0.226 e. The van der Waals surface area contributed by atoms with Crippen LogP contribution in [0.5, 0.6) is 0 Å². The third-order valence-corrected chi connectivity index (χ3v) is 3.31. The standard InChI is InChI=1S/C12H11BrN2S/c1-8-4-3-5-10(6-8)16-12-7-11(13)14-9(2)15-12/h3-7H,1-2H3. The Morgan fingerprint density at radius 2 is 1.94 bits per heavy atom. The van der Waals surface area contributed by atoms with Gasteiger partial charge in [0.2, 0.25) is 0 Å². The van der Waals surface area contributed by atoms with Crippen LogP contribution in [0, 0.1) is 13.8 Å². The molecule has 4 heteroatoms. The smallest absolute Gasteiger partial charge is 0.127 e. The Morgan fingerprint density at radius 1 is 1.12 bits per heavy atom. The van der Waals surface area contributed by atoms with E-state index in [0.29, 0.717) is 0 Å². The van der Waals surface area contributed by atoms with Crippen LogP contribution in [0.1, 0.15) is 11.4 Å². The molecule has 0 aliphatic carbocycles. The van der Waals surface area contributed by atoms with Gasteiger partial charge in [0.1, 0.15) is 15.5 Å². The van der Waals surface area contributed by atoms with E-state index in [-0.39, 0.29) is 0 Å². The molecule has 82 valence electrons. The molecule has 1 aromatic heterocycles. The van der Waals surface area contributed by atoms with Crippen molar-refractivity contribution in [1.29, 1.82) is 0 Å². The highest BCUT2D eigenvalue weighted by atomic mass is 79.9. The summed E-state index contributed by atoms with van der Waals surface area (Å²) in [6, 6.07) is 10.3. The minimum absolute atomic E-state index is 0.782. The average Bonchev–Trinajstić information content (AvgIpc) is 2.15. The topological polar surface area (TPSA) is 25.8 Å². The summed E-state index contributed by atoms with van der Waals surface area (Å²) in [7, 11) is 0. The Bertz CT molecular complexity index is 494. The molecule has 1 aromatic carbocycles. The van der Waals surface area contributed by atoms with Gasteiger partial charge in [0.15, 0.2) is 0 Å². The lowest BCUT2D eigenvalue weighted by Gasteiger charge is -2.03. The van der Waals surface area contributed by atoms with Gasteiger partial charge in [-0.25, -0.2) is 9.97 Å². The van der Waals surface area contributed by atoms with Crippen LogP contribution in [0.25, 0.3) is 0 Å². The van der Waals surface area contributed by atoms with Gasteiger partial charge >= 0.3 is 0 Å². The second-order valence-electron chi connectivity index (χ2n) is 3.49. The van der Waals surface area contributed by atoms with Crippen molar-refractivity contribution in [3.63, 3.8) is 0 Å². The fraction of sp³-hybridized carbons (Fsp3) is 0.167. The predicted octanol–water partition coefficient (Wildman–Crippen LogP) is 4.01. The first-order valence-electron chi connectivity index (χ1n) is 4.89. The number of halogens is 1. The highest BCUT2D eigenvalue weighted by Crippen LogP contribution is 2.27. The van der Waals surface area contributed by atoms with Crippen LogP contribution in [0.15, 0.2) is 44.9 Å². The number of hydrogen-bond acceptors (Lipinski definition) is 3.